The number of ether oxygens (including phenoxy) is 4. The summed E-state index contributed by atoms with van der Waals surface area (Å²) >= 11 is 0. The zero-order chi connectivity index (χ0) is 18.9. The number of aromatic carboxylic acids is 1. The molecule has 0 atom stereocenters. The summed E-state index contributed by atoms with van der Waals surface area (Å²) < 4.78 is 20.7. The highest BCUT2D eigenvalue weighted by molar-refractivity contribution is 5.93. The van der Waals surface area contributed by atoms with E-state index in [4.69, 9.17) is 19.3 Å². The van der Waals surface area contributed by atoms with Crippen LogP contribution in [-0.2, 0) is 20.8 Å². The number of rotatable bonds is 7. The van der Waals surface area contributed by atoms with E-state index in [0.717, 1.165) is 20.4 Å². The lowest BCUT2D eigenvalue weighted by Gasteiger charge is -2.20. The fourth-order valence-electron chi connectivity index (χ4n) is 1.84. The van der Waals surface area contributed by atoms with Gasteiger partial charge in [-0.25, -0.2) is 9.59 Å². The fourth-order valence-corrected chi connectivity index (χ4v) is 1.84. The highest BCUT2D eigenvalue weighted by Gasteiger charge is 2.26. The number of pyridine rings is 1. The van der Waals surface area contributed by atoms with Gasteiger partial charge in [-0.05, 0) is 0 Å². The van der Waals surface area contributed by atoms with Crippen molar-refractivity contribution < 1.29 is 33.6 Å². The first-order valence-electron chi connectivity index (χ1n) is 7.09. The minimum Gasteiger partial charge on any atom is -0.491 e. The van der Waals surface area contributed by atoms with Gasteiger partial charge in [0.25, 0.3) is 0 Å². The molecule has 0 aliphatic rings. The molecule has 0 aromatic carbocycles. The van der Waals surface area contributed by atoms with Gasteiger partial charge >= 0.3 is 11.9 Å². The molecule has 0 spiro atoms. The van der Waals surface area contributed by atoms with Crippen LogP contribution in [0.4, 0.5) is 0 Å². The van der Waals surface area contributed by atoms with Gasteiger partial charge in [-0.1, -0.05) is 13.8 Å². The molecule has 9 nitrogen and oxygen atoms in total. The van der Waals surface area contributed by atoms with Gasteiger partial charge in [0.15, 0.2) is 17.7 Å². The van der Waals surface area contributed by atoms with Crippen molar-refractivity contribution in [3.63, 3.8) is 0 Å². The predicted octanol–water partition coefficient (Wildman–Crippen LogP) is 0.987. The summed E-state index contributed by atoms with van der Waals surface area (Å²) in [5.74, 6) is -2.71. The molecule has 0 unspecified atom stereocenters. The fraction of sp³-hybridized carbons (Fsp3) is 0.533. The largest absolute Gasteiger partial charge is 0.491 e. The highest BCUT2D eigenvalue weighted by Crippen LogP contribution is 2.17. The van der Waals surface area contributed by atoms with Crippen molar-refractivity contribution in [2.45, 2.75) is 26.7 Å². The Morgan fingerprint density at radius 2 is 1.71 bits per heavy atom. The maximum atomic E-state index is 12.1. The number of carboxylic acid groups (broad SMARTS) is 1. The van der Waals surface area contributed by atoms with Crippen molar-refractivity contribution in [2.24, 2.45) is 0 Å². The molecule has 1 N–H and O–H groups in total. The Morgan fingerprint density at radius 1 is 1.17 bits per heavy atom. The molecule has 0 bridgehead atoms. The molecule has 1 aromatic heterocycles. The van der Waals surface area contributed by atoms with Crippen LogP contribution in [-0.4, -0.2) is 56.3 Å². The SMILES string of the molecule is CC.COC(=O)c1c(OC)c(=O)c(C(=O)O)cn1CC(OC)OC. The number of esters is 1. The van der Waals surface area contributed by atoms with Crippen molar-refractivity contribution in [1.82, 2.24) is 4.57 Å². The summed E-state index contributed by atoms with van der Waals surface area (Å²) in [6.45, 7) is 3.95. The van der Waals surface area contributed by atoms with Crippen LogP contribution in [0.2, 0.25) is 0 Å². The summed E-state index contributed by atoms with van der Waals surface area (Å²) in [6, 6.07) is 0. The molecule has 1 heterocycles. The van der Waals surface area contributed by atoms with E-state index in [1.807, 2.05) is 13.8 Å². The molecular formula is C15H23NO8. The number of methoxy groups -OCH3 is 4. The third kappa shape index (κ3) is 4.80. The maximum absolute atomic E-state index is 12.1. The van der Waals surface area contributed by atoms with E-state index in [2.05, 4.69) is 4.74 Å². The standard InChI is InChI=1S/C13H17NO8.C2H6/c1-19-8(20-2)6-14-5-7(12(16)17)10(15)11(21-3)9(14)13(18)22-4;1-2/h5,8H,6H2,1-4H3,(H,16,17);1-2H3. The topological polar surface area (TPSA) is 113 Å². The lowest BCUT2D eigenvalue weighted by molar-refractivity contribution is -0.111. The Bertz CT molecular complexity index is 619. The van der Waals surface area contributed by atoms with Gasteiger partial charge in [-0.3, -0.25) is 4.79 Å². The Kier molecular flexibility index (Phi) is 9.36. The van der Waals surface area contributed by atoms with Gasteiger partial charge in [-0.2, -0.15) is 0 Å². The van der Waals surface area contributed by atoms with Crippen molar-refractivity contribution in [1.29, 1.82) is 0 Å². The van der Waals surface area contributed by atoms with Gasteiger partial charge in [-0.15, -0.1) is 0 Å². The van der Waals surface area contributed by atoms with Crippen molar-refractivity contribution in [2.75, 3.05) is 28.4 Å². The molecule has 0 aliphatic carbocycles. The second-order valence-electron chi connectivity index (χ2n) is 4.10. The molecule has 0 aliphatic heterocycles. The molecule has 0 saturated heterocycles. The zero-order valence-corrected chi connectivity index (χ0v) is 14.6. The molecule has 9 heteroatoms. The van der Waals surface area contributed by atoms with Crippen molar-refractivity contribution >= 4 is 11.9 Å². The smallest absolute Gasteiger partial charge is 0.358 e. The van der Waals surface area contributed by atoms with Crippen LogP contribution in [0.3, 0.4) is 0 Å². The third-order valence-electron chi connectivity index (χ3n) is 2.92. The first kappa shape index (κ1) is 21.6. The molecule has 1 aromatic rings. The lowest BCUT2D eigenvalue weighted by atomic mass is 10.2. The van der Waals surface area contributed by atoms with Crippen LogP contribution < -0.4 is 10.2 Å². The van der Waals surface area contributed by atoms with Crippen LogP contribution >= 0.6 is 0 Å². The second-order valence-corrected chi connectivity index (χ2v) is 4.10. The van der Waals surface area contributed by atoms with E-state index in [-0.39, 0.29) is 12.2 Å². The first-order valence-corrected chi connectivity index (χ1v) is 7.09. The minimum atomic E-state index is -1.44. The average molecular weight is 345 g/mol. The van der Waals surface area contributed by atoms with E-state index < -0.39 is 35.0 Å². The molecule has 24 heavy (non-hydrogen) atoms. The van der Waals surface area contributed by atoms with Crippen LogP contribution in [0.25, 0.3) is 0 Å². The number of nitrogens with zero attached hydrogens (tertiary/aromatic N) is 1. The predicted molar refractivity (Wildman–Crippen MR) is 84.7 cm³/mol. The molecule has 0 amide bonds. The van der Waals surface area contributed by atoms with E-state index in [1.165, 1.54) is 18.8 Å². The van der Waals surface area contributed by atoms with Gasteiger partial charge < -0.3 is 28.6 Å². The van der Waals surface area contributed by atoms with Gasteiger partial charge in [0.05, 0.1) is 20.8 Å². The number of carbonyl (C=O) groups excluding carboxylic acids is 1. The summed E-state index contributed by atoms with van der Waals surface area (Å²) in [5, 5.41) is 9.10. The molecule has 0 radical (unpaired) electrons. The normalized spacial score (nSPS) is 9.96. The zero-order valence-electron chi connectivity index (χ0n) is 14.6. The molecule has 1 rings (SSSR count). The Morgan fingerprint density at radius 3 is 2.08 bits per heavy atom. The van der Waals surface area contributed by atoms with Gasteiger partial charge in [0.2, 0.25) is 5.43 Å². The molecule has 0 fully saturated rings. The quantitative estimate of drug-likeness (QED) is 0.575. The average Bonchev–Trinajstić information content (AvgIpc) is 2.60. The van der Waals surface area contributed by atoms with Crippen LogP contribution in [0.5, 0.6) is 5.75 Å². The summed E-state index contributed by atoms with van der Waals surface area (Å²) in [6.07, 6.45) is 0.252. The van der Waals surface area contributed by atoms with Crippen LogP contribution in [0, 0.1) is 0 Å². The summed E-state index contributed by atoms with van der Waals surface area (Å²) in [5.41, 5.74) is -1.69. The number of hydrogen-bond donors (Lipinski definition) is 1. The van der Waals surface area contributed by atoms with Crippen molar-refractivity contribution in [3.05, 3.63) is 27.7 Å². The number of carboxylic acids is 1. The van der Waals surface area contributed by atoms with Crippen LogP contribution in [0.1, 0.15) is 34.7 Å². The van der Waals surface area contributed by atoms with E-state index in [1.54, 1.807) is 0 Å². The Labute approximate surface area is 139 Å². The number of aromatic nitrogens is 1. The maximum Gasteiger partial charge on any atom is 0.358 e. The Balaban J connectivity index is 0.00000254. The summed E-state index contributed by atoms with van der Waals surface area (Å²) in [7, 11) is 5.04. The van der Waals surface area contributed by atoms with Crippen molar-refractivity contribution in [3.8, 4) is 5.75 Å². The van der Waals surface area contributed by atoms with E-state index in [0.29, 0.717) is 0 Å². The van der Waals surface area contributed by atoms with Gasteiger partial charge in [0, 0.05) is 20.4 Å². The monoisotopic (exact) mass is 345 g/mol. The minimum absolute atomic E-state index is 0.0473. The van der Waals surface area contributed by atoms with Gasteiger partial charge in [0.1, 0.15) is 5.56 Å². The lowest BCUT2D eigenvalue weighted by Crippen LogP contribution is -2.30. The Hall–Kier alpha value is -2.39. The van der Waals surface area contributed by atoms with E-state index >= 15 is 0 Å². The molecule has 0 saturated carbocycles. The number of carbonyl (C=O) groups is 2. The second kappa shape index (κ2) is 10.4. The molecule has 136 valence electrons. The summed E-state index contributed by atoms with van der Waals surface area (Å²) in [4.78, 5) is 35.2. The highest BCUT2D eigenvalue weighted by atomic mass is 16.7. The molecular weight excluding hydrogens is 322 g/mol. The number of hydrogen-bond acceptors (Lipinski definition) is 7. The third-order valence-corrected chi connectivity index (χ3v) is 2.92. The van der Waals surface area contributed by atoms with E-state index in [9.17, 15) is 14.4 Å². The first-order chi connectivity index (χ1) is 11.4. The van der Waals surface area contributed by atoms with Crippen LogP contribution in [0.15, 0.2) is 11.0 Å².